The third-order valence-electron chi connectivity index (χ3n) is 5.61. The molecule has 0 saturated carbocycles. The van der Waals surface area contributed by atoms with Crippen LogP contribution in [0.15, 0.2) is 58.2 Å². The number of aromatic nitrogens is 6. The number of hydrogen-bond acceptors (Lipinski definition) is 7. The fourth-order valence-corrected chi connectivity index (χ4v) is 4.10. The second kappa shape index (κ2) is 7.34. The summed E-state index contributed by atoms with van der Waals surface area (Å²) in [5, 5.41) is 4.03. The highest BCUT2D eigenvalue weighted by atomic mass is 19.1. The second-order valence-corrected chi connectivity index (χ2v) is 7.62. The smallest absolute Gasteiger partial charge is 0.279 e. The molecule has 1 aliphatic heterocycles. The number of nitrogens with zero attached hydrogens (tertiary/aromatic N) is 6. The number of rotatable bonds is 4. The van der Waals surface area contributed by atoms with Gasteiger partial charge in [-0.1, -0.05) is 11.2 Å². The van der Waals surface area contributed by atoms with Crippen molar-refractivity contribution < 1.29 is 13.7 Å². The lowest BCUT2D eigenvalue weighted by Crippen LogP contribution is -2.24. The Balaban J connectivity index is 1.57. The van der Waals surface area contributed by atoms with E-state index in [0.29, 0.717) is 29.2 Å². The largest absolute Gasteiger partial charge is 0.370 e. The lowest BCUT2D eigenvalue weighted by atomic mass is 10.2. The Labute approximate surface area is 180 Å². The quantitative estimate of drug-likeness (QED) is 0.430. The van der Waals surface area contributed by atoms with E-state index in [2.05, 4.69) is 20.1 Å². The molecule has 6 rings (SSSR count). The van der Waals surface area contributed by atoms with Crippen molar-refractivity contribution in [2.75, 3.05) is 6.61 Å². The van der Waals surface area contributed by atoms with E-state index < -0.39 is 5.82 Å². The number of benzene rings is 1. The minimum absolute atomic E-state index is 0.140. The SMILES string of the molecule is O=c1c2c(-c3nc(C4CCCO4)no3)ncn2c2ccc(F)cc2n1Cc1ccccn1. The highest BCUT2D eigenvalue weighted by Crippen LogP contribution is 2.29. The Morgan fingerprint density at radius 2 is 2.09 bits per heavy atom. The lowest BCUT2D eigenvalue weighted by molar-refractivity contribution is 0.103. The van der Waals surface area contributed by atoms with E-state index in [1.54, 1.807) is 22.7 Å². The molecule has 1 aliphatic rings. The van der Waals surface area contributed by atoms with Crippen LogP contribution < -0.4 is 5.56 Å². The van der Waals surface area contributed by atoms with E-state index in [9.17, 15) is 9.18 Å². The molecule has 10 heteroatoms. The summed E-state index contributed by atoms with van der Waals surface area (Å²) < 4.78 is 28.3. The first-order chi connectivity index (χ1) is 15.7. The molecule has 0 aliphatic carbocycles. The van der Waals surface area contributed by atoms with Gasteiger partial charge in [-0.15, -0.1) is 0 Å². The van der Waals surface area contributed by atoms with Crippen molar-refractivity contribution >= 4 is 16.6 Å². The molecule has 160 valence electrons. The molecule has 0 N–H and O–H groups in total. The van der Waals surface area contributed by atoms with Gasteiger partial charge in [-0.05, 0) is 43.2 Å². The molecule has 5 aromatic rings. The first kappa shape index (κ1) is 18.8. The maximum atomic E-state index is 14.1. The monoisotopic (exact) mass is 432 g/mol. The van der Waals surface area contributed by atoms with Crippen molar-refractivity contribution in [3.63, 3.8) is 0 Å². The summed E-state index contributed by atoms with van der Waals surface area (Å²) >= 11 is 0. The standard InChI is InChI=1S/C22H17FN6O3/c23-13-6-7-15-16(10-13)28(11-14-4-1-2-8-24-14)22(30)19-18(25-12-29(15)19)21-26-20(27-32-21)17-5-3-9-31-17/h1-2,4,6-8,10,12,17H,3,5,9,11H2. The van der Waals surface area contributed by atoms with Crippen molar-refractivity contribution in [3.8, 4) is 11.6 Å². The van der Waals surface area contributed by atoms with Crippen molar-refractivity contribution in [2.45, 2.75) is 25.5 Å². The summed E-state index contributed by atoms with van der Waals surface area (Å²) in [6.45, 7) is 0.828. The molecular weight excluding hydrogens is 415 g/mol. The predicted octanol–water partition coefficient (Wildman–Crippen LogP) is 3.13. The topological polar surface area (TPSA) is 100 Å². The summed E-state index contributed by atoms with van der Waals surface area (Å²) in [5.74, 6) is 0.140. The fraction of sp³-hybridized carbons (Fsp3) is 0.227. The first-order valence-electron chi connectivity index (χ1n) is 10.2. The Morgan fingerprint density at radius 1 is 1.16 bits per heavy atom. The molecule has 1 saturated heterocycles. The number of imidazole rings is 1. The van der Waals surface area contributed by atoms with Gasteiger partial charge >= 0.3 is 0 Å². The summed E-state index contributed by atoms with van der Waals surface area (Å²) in [5.41, 5.74) is 1.90. The number of halogens is 1. The Hall–Kier alpha value is -3.92. The van der Waals surface area contributed by atoms with E-state index in [-0.39, 0.29) is 35.3 Å². The van der Waals surface area contributed by atoms with Gasteiger partial charge in [0.15, 0.2) is 5.69 Å². The molecule has 9 nitrogen and oxygen atoms in total. The van der Waals surface area contributed by atoms with Gasteiger partial charge in [-0.25, -0.2) is 9.37 Å². The zero-order chi connectivity index (χ0) is 21.7. The number of ether oxygens (including phenoxy) is 1. The first-order valence-corrected chi connectivity index (χ1v) is 10.2. The third-order valence-corrected chi connectivity index (χ3v) is 5.61. The molecule has 1 fully saturated rings. The van der Waals surface area contributed by atoms with Gasteiger partial charge in [0.05, 0.1) is 23.3 Å². The van der Waals surface area contributed by atoms with Gasteiger partial charge in [0.25, 0.3) is 11.4 Å². The van der Waals surface area contributed by atoms with Gasteiger partial charge in [-0.3, -0.25) is 18.7 Å². The molecule has 1 unspecified atom stereocenters. The average molecular weight is 432 g/mol. The van der Waals surface area contributed by atoms with Gasteiger partial charge in [0.2, 0.25) is 5.82 Å². The highest BCUT2D eigenvalue weighted by molar-refractivity contribution is 5.83. The van der Waals surface area contributed by atoms with Crippen LogP contribution in [0.3, 0.4) is 0 Å². The van der Waals surface area contributed by atoms with E-state index in [1.807, 2.05) is 12.1 Å². The van der Waals surface area contributed by atoms with Crippen molar-refractivity contribution in [1.82, 2.24) is 29.1 Å². The van der Waals surface area contributed by atoms with Crippen LogP contribution in [0.1, 0.15) is 30.5 Å². The molecule has 0 bridgehead atoms. The van der Waals surface area contributed by atoms with E-state index in [4.69, 9.17) is 9.26 Å². The summed E-state index contributed by atoms with van der Waals surface area (Å²) in [4.78, 5) is 26.7. The van der Waals surface area contributed by atoms with Gasteiger partial charge in [-0.2, -0.15) is 4.98 Å². The maximum absolute atomic E-state index is 14.1. The fourth-order valence-electron chi connectivity index (χ4n) is 4.10. The van der Waals surface area contributed by atoms with Crippen LogP contribution in [-0.4, -0.2) is 35.7 Å². The van der Waals surface area contributed by atoms with Gasteiger partial charge < -0.3 is 9.26 Å². The lowest BCUT2D eigenvalue weighted by Gasteiger charge is -2.12. The maximum Gasteiger partial charge on any atom is 0.279 e. The van der Waals surface area contributed by atoms with Crippen LogP contribution in [0.2, 0.25) is 0 Å². The minimum Gasteiger partial charge on any atom is -0.370 e. The van der Waals surface area contributed by atoms with Crippen LogP contribution in [0.25, 0.3) is 28.1 Å². The minimum atomic E-state index is -0.440. The molecule has 0 amide bonds. The number of hydrogen-bond donors (Lipinski definition) is 0. The summed E-state index contributed by atoms with van der Waals surface area (Å²) in [6, 6.07) is 9.74. The van der Waals surface area contributed by atoms with Crippen LogP contribution in [0.5, 0.6) is 0 Å². The molecular formula is C22H17FN6O3. The van der Waals surface area contributed by atoms with Crippen LogP contribution >= 0.6 is 0 Å². The van der Waals surface area contributed by atoms with Gasteiger partial charge in [0, 0.05) is 12.8 Å². The summed E-state index contributed by atoms with van der Waals surface area (Å²) in [6.07, 6.45) is 4.69. The number of fused-ring (bicyclic) bond motifs is 3. The van der Waals surface area contributed by atoms with Crippen LogP contribution in [0, 0.1) is 5.82 Å². The van der Waals surface area contributed by atoms with Crippen molar-refractivity contribution in [1.29, 1.82) is 0 Å². The average Bonchev–Trinajstić information content (AvgIpc) is 3.57. The molecule has 0 radical (unpaired) electrons. The normalized spacial score (nSPS) is 16.3. The third kappa shape index (κ3) is 2.99. The van der Waals surface area contributed by atoms with E-state index in [0.717, 1.165) is 12.8 Å². The Kier molecular flexibility index (Phi) is 4.32. The van der Waals surface area contributed by atoms with Crippen LogP contribution in [0.4, 0.5) is 4.39 Å². The van der Waals surface area contributed by atoms with Crippen LogP contribution in [-0.2, 0) is 11.3 Å². The molecule has 5 heterocycles. The number of pyridine rings is 1. The summed E-state index contributed by atoms with van der Waals surface area (Å²) in [7, 11) is 0. The Morgan fingerprint density at radius 3 is 2.91 bits per heavy atom. The van der Waals surface area contributed by atoms with Crippen molar-refractivity contribution in [2.24, 2.45) is 0 Å². The predicted molar refractivity (Wildman–Crippen MR) is 111 cm³/mol. The Bertz CT molecular complexity index is 1500. The molecule has 4 aromatic heterocycles. The molecule has 32 heavy (non-hydrogen) atoms. The zero-order valence-electron chi connectivity index (χ0n) is 16.8. The molecule has 1 atom stereocenters. The molecule has 0 spiro atoms. The van der Waals surface area contributed by atoms with Crippen molar-refractivity contribution in [3.05, 3.63) is 76.6 Å². The zero-order valence-corrected chi connectivity index (χ0v) is 16.8. The second-order valence-electron chi connectivity index (χ2n) is 7.62. The van der Waals surface area contributed by atoms with E-state index >= 15 is 0 Å². The highest BCUT2D eigenvalue weighted by Gasteiger charge is 2.26. The molecule has 1 aromatic carbocycles. The van der Waals surface area contributed by atoms with E-state index in [1.165, 1.54) is 23.0 Å². The van der Waals surface area contributed by atoms with Gasteiger partial charge in [0.1, 0.15) is 23.8 Å².